The predicted molar refractivity (Wildman–Crippen MR) is 143 cm³/mol. The highest BCUT2D eigenvalue weighted by Gasteiger charge is 2.22. The van der Waals surface area contributed by atoms with Gasteiger partial charge in [0.25, 0.3) is 5.91 Å². The van der Waals surface area contributed by atoms with Gasteiger partial charge in [-0.15, -0.1) is 0 Å². The molecule has 0 bridgehead atoms. The van der Waals surface area contributed by atoms with Gasteiger partial charge in [-0.2, -0.15) is 0 Å². The van der Waals surface area contributed by atoms with Crippen LogP contribution in [0.1, 0.15) is 16.1 Å². The zero-order valence-corrected chi connectivity index (χ0v) is 21.8. The average molecular weight is 595 g/mol. The lowest BCUT2D eigenvalue weighted by Gasteiger charge is -2.14. The number of amides is 3. The van der Waals surface area contributed by atoms with Crippen LogP contribution >= 0.6 is 50.7 Å². The molecule has 0 aliphatic rings. The van der Waals surface area contributed by atoms with Crippen molar-refractivity contribution in [3.63, 3.8) is 0 Å². The number of hydrogen-bond acceptors (Lipinski definition) is 3. The molecular formula is C24H16BrCl3N4O3. The highest BCUT2D eigenvalue weighted by atomic mass is 79.9. The van der Waals surface area contributed by atoms with E-state index in [0.717, 1.165) is 10.0 Å². The number of nitrogens with zero attached hydrogens (tertiary/aromatic N) is 1. The van der Waals surface area contributed by atoms with Crippen LogP contribution in [0, 0.1) is 6.92 Å². The van der Waals surface area contributed by atoms with Crippen LogP contribution in [-0.2, 0) is 9.59 Å². The molecule has 1 aromatic heterocycles. The number of rotatable bonds is 4. The molecule has 0 unspecified atom stereocenters. The van der Waals surface area contributed by atoms with Crippen molar-refractivity contribution < 1.29 is 14.4 Å². The second kappa shape index (κ2) is 10.3. The third-order valence-electron chi connectivity index (χ3n) is 5.05. The minimum atomic E-state index is -1.03. The zero-order valence-electron chi connectivity index (χ0n) is 18.0. The molecule has 3 N–H and O–H groups in total. The van der Waals surface area contributed by atoms with Crippen molar-refractivity contribution in [3.05, 3.63) is 91.5 Å². The fourth-order valence-corrected chi connectivity index (χ4v) is 4.36. The van der Waals surface area contributed by atoms with Crippen molar-refractivity contribution in [2.75, 3.05) is 16.1 Å². The number of halogens is 4. The monoisotopic (exact) mass is 592 g/mol. The van der Waals surface area contributed by atoms with Crippen molar-refractivity contribution in [3.8, 4) is 0 Å². The van der Waals surface area contributed by atoms with Gasteiger partial charge in [0.1, 0.15) is 5.69 Å². The fourth-order valence-electron chi connectivity index (χ4n) is 3.36. The van der Waals surface area contributed by atoms with Gasteiger partial charge in [-0.25, -0.2) is 4.68 Å². The maximum Gasteiger partial charge on any atom is 0.328 e. The molecule has 0 atom stereocenters. The molecule has 7 nitrogen and oxygen atoms in total. The van der Waals surface area contributed by atoms with Crippen molar-refractivity contribution in [2.45, 2.75) is 6.92 Å². The number of aryl methyl sites for hydroxylation is 1. The van der Waals surface area contributed by atoms with Crippen LogP contribution < -0.4 is 16.1 Å². The Hall–Kier alpha value is -3.04. The Bertz CT molecular complexity index is 1500. The minimum Gasteiger partial charge on any atom is -0.320 e. The van der Waals surface area contributed by atoms with Gasteiger partial charge in [0.2, 0.25) is 0 Å². The molecule has 4 rings (SSSR count). The van der Waals surface area contributed by atoms with E-state index in [2.05, 4.69) is 32.0 Å². The third kappa shape index (κ3) is 5.46. The summed E-state index contributed by atoms with van der Waals surface area (Å²) in [5, 5.41) is 6.60. The Morgan fingerprint density at radius 3 is 2.37 bits per heavy atom. The van der Waals surface area contributed by atoms with Crippen molar-refractivity contribution >= 4 is 90.7 Å². The highest BCUT2D eigenvalue weighted by molar-refractivity contribution is 9.10. The van der Waals surface area contributed by atoms with E-state index in [9.17, 15) is 14.4 Å². The lowest BCUT2D eigenvalue weighted by atomic mass is 10.2. The minimum absolute atomic E-state index is 0.0894. The van der Waals surface area contributed by atoms with Gasteiger partial charge in [-0.05, 0) is 67.1 Å². The second-order valence-corrected chi connectivity index (χ2v) is 9.62. The summed E-state index contributed by atoms with van der Waals surface area (Å²) in [6.07, 6.45) is 0. The molecule has 11 heteroatoms. The molecule has 0 spiro atoms. The first kappa shape index (κ1) is 25.1. The summed E-state index contributed by atoms with van der Waals surface area (Å²) in [5.74, 6) is -2.52. The van der Waals surface area contributed by atoms with Crippen LogP contribution in [-0.4, -0.2) is 22.4 Å². The summed E-state index contributed by atoms with van der Waals surface area (Å²) in [7, 11) is 0. The molecular weight excluding hydrogens is 579 g/mol. The van der Waals surface area contributed by atoms with Gasteiger partial charge in [-0.1, -0.05) is 56.8 Å². The number of carbonyl (C=O) groups excluding carboxylic acids is 3. The molecule has 3 aromatic carbocycles. The number of nitrogens with one attached hydrogen (secondary N) is 3. The van der Waals surface area contributed by atoms with Crippen molar-refractivity contribution in [1.82, 2.24) is 4.68 Å². The summed E-state index contributed by atoms with van der Waals surface area (Å²) in [5.41, 5.74) is 4.63. The fraction of sp³-hybridized carbons (Fsp3) is 0.0417. The third-order valence-corrected chi connectivity index (χ3v) is 6.60. The van der Waals surface area contributed by atoms with Crippen LogP contribution in [0.4, 0.5) is 11.4 Å². The molecule has 35 heavy (non-hydrogen) atoms. The molecule has 4 aromatic rings. The number of benzene rings is 3. The molecule has 0 saturated heterocycles. The Kier molecular flexibility index (Phi) is 7.37. The van der Waals surface area contributed by atoms with Crippen LogP contribution in [0.25, 0.3) is 10.9 Å². The zero-order chi connectivity index (χ0) is 25.3. The maximum absolute atomic E-state index is 13.2. The highest BCUT2D eigenvalue weighted by Crippen LogP contribution is 2.29. The molecule has 0 fully saturated rings. The number of aromatic nitrogens is 1. The first-order valence-corrected chi connectivity index (χ1v) is 12.0. The largest absolute Gasteiger partial charge is 0.328 e. The van der Waals surface area contributed by atoms with E-state index < -0.39 is 17.7 Å². The van der Waals surface area contributed by atoms with E-state index in [-0.39, 0.29) is 21.4 Å². The Labute approximate surface area is 223 Å². The van der Waals surface area contributed by atoms with Gasteiger partial charge >= 0.3 is 11.8 Å². The van der Waals surface area contributed by atoms with E-state index in [1.54, 1.807) is 48.5 Å². The first-order valence-electron chi connectivity index (χ1n) is 10.1. The summed E-state index contributed by atoms with van der Waals surface area (Å²) >= 11 is 21.6. The van der Waals surface area contributed by atoms with E-state index in [1.807, 2.05) is 13.0 Å². The Balaban J connectivity index is 1.65. The number of hydrogen-bond donors (Lipinski definition) is 3. The molecule has 0 radical (unpaired) electrons. The average Bonchev–Trinajstić information content (AvgIpc) is 3.16. The van der Waals surface area contributed by atoms with E-state index >= 15 is 0 Å². The summed E-state index contributed by atoms with van der Waals surface area (Å²) in [6.45, 7) is 1.85. The molecule has 3 amide bonds. The number of fused-ring (bicyclic) bond motifs is 1. The predicted octanol–water partition coefficient (Wildman–Crippen LogP) is 6.63. The van der Waals surface area contributed by atoms with Gasteiger partial charge < -0.3 is 10.6 Å². The van der Waals surface area contributed by atoms with Crippen molar-refractivity contribution in [2.24, 2.45) is 0 Å². The van der Waals surface area contributed by atoms with E-state index in [4.69, 9.17) is 34.8 Å². The SMILES string of the molecule is Cc1cc(Br)ccc1NC(=O)c1cc2cc(Cl)ccc2n1NC(=O)C(=O)Nc1cccc(Cl)c1Cl. The van der Waals surface area contributed by atoms with Gasteiger partial charge in [0.05, 0.1) is 21.2 Å². The smallest absolute Gasteiger partial charge is 0.320 e. The van der Waals surface area contributed by atoms with Gasteiger partial charge in [0, 0.05) is 20.6 Å². The Morgan fingerprint density at radius 1 is 0.857 bits per heavy atom. The quantitative estimate of drug-likeness (QED) is 0.232. The number of carbonyl (C=O) groups is 3. The lowest BCUT2D eigenvalue weighted by Crippen LogP contribution is -2.36. The molecule has 0 aliphatic heterocycles. The summed E-state index contributed by atoms with van der Waals surface area (Å²) < 4.78 is 2.10. The molecule has 1 heterocycles. The van der Waals surface area contributed by atoms with E-state index in [0.29, 0.717) is 21.6 Å². The van der Waals surface area contributed by atoms with E-state index in [1.165, 1.54) is 10.7 Å². The lowest BCUT2D eigenvalue weighted by molar-refractivity contribution is -0.133. The standard InChI is InChI=1S/C24H16BrCl3N4O3/c1-12-9-14(25)5-7-17(12)29-22(33)20-11-13-10-15(26)6-8-19(13)32(20)31-24(35)23(34)30-18-4-2-3-16(27)21(18)28/h2-11H,1H3,(H,29,33)(H,30,34)(H,31,35). The summed E-state index contributed by atoms with van der Waals surface area (Å²) in [4.78, 5) is 38.5. The maximum atomic E-state index is 13.2. The molecule has 0 saturated carbocycles. The Morgan fingerprint density at radius 2 is 1.63 bits per heavy atom. The second-order valence-electron chi connectivity index (χ2n) is 7.48. The molecule has 178 valence electrons. The van der Waals surface area contributed by atoms with Crippen LogP contribution in [0.15, 0.2) is 65.1 Å². The van der Waals surface area contributed by atoms with Crippen LogP contribution in [0.2, 0.25) is 15.1 Å². The van der Waals surface area contributed by atoms with Gasteiger partial charge in [0.15, 0.2) is 0 Å². The van der Waals surface area contributed by atoms with Crippen LogP contribution in [0.5, 0.6) is 0 Å². The summed E-state index contributed by atoms with van der Waals surface area (Å²) in [6, 6.07) is 16.5. The number of anilines is 2. The van der Waals surface area contributed by atoms with Gasteiger partial charge in [-0.3, -0.25) is 19.8 Å². The first-order chi connectivity index (χ1) is 16.6. The normalized spacial score (nSPS) is 10.8. The van der Waals surface area contributed by atoms with Crippen molar-refractivity contribution in [1.29, 1.82) is 0 Å². The topological polar surface area (TPSA) is 92.2 Å². The van der Waals surface area contributed by atoms with Crippen LogP contribution in [0.3, 0.4) is 0 Å². The molecule has 0 aliphatic carbocycles.